The summed E-state index contributed by atoms with van der Waals surface area (Å²) in [6.07, 6.45) is 7.20. The zero-order valence-corrected chi connectivity index (χ0v) is 17.5. The van der Waals surface area contributed by atoms with Crippen LogP contribution in [0.1, 0.15) is 42.9 Å². The van der Waals surface area contributed by atoms with Crippen LogP contribution in [0.5, 0.6) is 5.75 Å². The number of aromatic nitrogens is 2. The van der Waals surface area contributed by atoms with Gasteiger partial charge in [0.25, 0.3) is 0 Å². The average Bonchev–Trinajstić information content (AvgIpc) is 3.55. The summed E-state index contributed by atoms with van der Waals surface area (Å²) in [5.41, 5.74) is 1.08. The van der Waals surface area contributed by atoms with E-state index >= 15 is 0 Å². The van der Waals surface area contributed by atoms with Crippen LogP contribution in [0.15, 0.2) is 41.7 Å². The first-order valence-electron chi connectivity index (χ1n) is 9.79. The number of rotatable bonds is 5. The highest BCUT2D eigenvalue weighted by Gasteiger charge is 2.53. The van der Waals surface area contributed by atoms with Crippen LogP contribution in [-0.2, 0) is 20.0 Å². The van der Waals surface area contributed by atoms with Gasteiger partial charge in [-0.2, -0.15) is 0 Å². The number of carbonyl (C=O) groups is 1. The molecule has 0 radical (unpaired) electrons. The van der Waals surface area contributed by atoms with Crippen LogP contribution in [0, 0.1) is 0 Å². The summed E-state index contributed by atoms with van der Waals surface area (Å²) in [5, 5.41) is 0. The zero-order valence-electron chi connectivity index (χ0n) is 16.7. The molecule has 29 heavy (non-hydrogen) atoms. The number of methoxy groups -OCH3 is 1. The molecular formula is C21H25N3O4S. The van der Waals surface area contributed by atoms with Gasteiger partial charge in [-0.1, -0.05) is 12.1 Å². The third-order valence-corrected chi connectivity index (χ3v) is 7.12. The Morgan fingerprint density at radius 3 is 2.59 bits per heavy atom. The number of piperidine rings is 1. The first kappa shape index (κ1) is 19.8. The van der Waals surface area contributed by atoms with Crippen LogP contribution in [0.3, 0.4) is 0 Å². The molecule has 2 heterocycles. The molecule has 1 saturated heterocycles. The van der Waals surface area contributed by atoms with Crippen molar-refractivity contribution >= 4 is 15.7 Å². The van der Waals surface area contributed by atoms with Gasteiger partial charge in [0.1, 0.15) is 17.0 Å². The predicted octanol–water partition coefficient (Wildman–Crippen LogP) is 2.33. The number of benzene rings is 1. The maximum Gasteiger partial charge on any atom is 0.233 e. The van der Waals surface area contributed by atoms with Crippen LogP contribution in [-0.4, -0.2) is 55.6 Å². The van der Waals surface area contributed by atoms with E-state index in [2.05, 4.69) is 9.97 Å². The van der Waals surface area contributed by atoms with Crippen molar-refractivity contribution in [3.63, 3.8) is 0 Å². The summed E-state index contributed by atoms with van der Waals surface area (Å²) >= 11 is 0. The van der Waals surface area contributed by atoms with E-state index in [0.717, 1.165) is 37.0 Å². The van der Waals surface area contributed by atoms with Crippen LogP contribution in [0.2, 0.25) is 0 Å². The summed E-state index contributed by atoms with van der Waals surface area (Å²) in [5.74, 6) is 0.793. The Hall–Kier alpha value is -2.48. The number of hydrogen-bond donors (Lipinski definition) is 0. The lowest BCUT2D eigenvalue weighted by Crippen LogP contribution is -2.44. The van der Waals surface area contributed by atoms with E-state index in [1.807, 2.05) is 29.2 Å². The molecule has 1 amide bonds. The van der Waals surface area contributed by atoms with E-state index < -0.39 is 15.3 Å². The van der Waals surface area contributed by atoms with E-state index in [0.29, 0.717) is 18.8 Å². The van der Waals surface area contributed by atoms with Crippen molar-refractivity contribution in [3.05, 3.63) is 48.0 Å². The molecule has 7 nitrogen and oxygen atoms in total. The Morgan fingerprint density at radius 1 is 1.24 bits per heavy atom. The molecule has 0 spiro atoms. The molecule has 1 saturated carbocycles. The molecule has 1 aliphatic carbocycles. The molecule has 1 unspecified atom stereocenters. The number of amides is 1. The second-order valence-corrected chi connectivity index (χ2v) is 9.93. The molecule has 8 heteroatoms. The number of hydrogen-bond acceptors (Lipinski definition) is 6. The third-order valence-electron chi connectivity index (χ3n) is 6.00. The number of sulfone groups is 1. The maximum atomic E-state index is 13.4. The lowest BCUT2D eigenvalue weighted by molar-refractivity contribution is -0.135. The van der Waals surface area contributed by atoms with E-state index in [1.54, 1.807) is 7.11 Å². The van der Waals surface area contributed by atoms with E-state index in [9.17, 15) is 13.2 Å². The fourth-order valence-electron chi connectivity index (χ4n) is 4.27. The highest BCUT2D eigenvalue weighted by atomic mass is 32.2. The van der Waals surface area contributed by atoms with Gasteiger partial charge in [0.05, 0.1) is 18.2 Å². The van der Waals surface area contributed by atoms with Gasteiger partial charge in [0, 0.05) is 31.5 Å². The molecule has 1 aromatic heterocycles. The van der Waals surface area contributed by atoms with Crippen molar-refractivity contribution in [2.24, 2.45) is 0 Å². The van der Waals surface area contributed by atoms with E-state index in [1.165, 1.54) is 18.8 Å². The van der Waals surface area contributed by atoms with Crippen LogP contribution in [0.25, 0.3) is 0 Å². The smallest absolute Gasteiger partial charge is 0.233 e. The standard InChI is InChI=1S/C21H25N3O4S/c1-28-17-7-5-16(6-8-17)21(9-10-21)20(25)24-11-3-4-15(13-24)19-18(29(2,26)27)12-22-14-23-19/h5-8,12,14-15H,3-4,9-11,13H2,1-2H3. The molecule has 2 fully saturated rings. The largest absolute Gasteiger partial charge is 0.497 e. The monoisotopic (exact) mass is 415 g/mol. The molecule has 2 aromatic rings. The second kappa shape index (κ2) is 7.40. The molecule has 1 aromatic carbocycles. The molecule has 2 aliphatic rings. The number of nitrogens with zero attached hydrogens (tertiary/aromatic N) is 3. The number of carbonyl (C=O) groups excluding carboxylic acids is 1. The van der Waals surface area contributed by atoms with Crippen molar-refractivity contribution in [2.45, 2.75) is 41.9 Å². The minimum atomic E-state index is -3.43. The summed E-state index contributed by atoms with van der Waals surface area (Å²) < 4.78 is 29.5. The molecule has 154 valence electrons. The predicted molar refractivity (Wildman–Crippen MR) is 108 cm³/mol. The highest BCUT2D eigenvalue weighted by molar-refractivity contribution is 7.90. The van der Waals surface area contributed by atoms with Gasteiger partial charge in [0.15, 0.2) is 9.84 Å². The van der Waals surface area contributed by atoms with Gasteiger partial charge in [0.2, 0.25) is 5.91 Å². The Morgan fingerprint density at radius 2 is 1.97 bits per heavy atom. The molecule has 1 aliphatic heterocycles. The van der Waals surface area contributed by atoms with Crippen LogP contribution in [0.4, 0.5) is 0 Å². The van der Waals surface area contributed by atoms with Gasteiger partial charge >= 0.3 is 0 Å². The summed E-state index contributed by atoms with van der Waals surface area (Å²) in [4.78, 5) is 23.6. The van der Waals surface area contributed by atoms with Gasteiger partial charge in [-0.15, -0.1) is 0 Å². The van der Waals surface area contributed by atoms with Gasteiger partial charge in [-0.3, -0.25) is 4.79 Å². The van der Waals surface area contributed by atoms with Gasteiger partial charge in [-0.05, 0) is 43.4 Å². The minimum absolute atomic E-state index is 0.105. The van der Waals surface area contributed by atoms with Gasteiger partial charge < -0.3 is 9.64 Å². The summed E-state index contributed by atoms with van der Waals surface area (Å²) in [7, 11) is -1.80. The van der Waals surface area contributed by atoms with Crippen molar-refractivity contribution in [1.29, 1.82) is 0 Å². The van der Waals surface area contributed by atoms with Crippen molar-refractivity contribution in [3.8, 4) is 5.75 Å². The Balaban J connectivity index is 1.57. The van der Waals surface area contributed by atoms with Crippen molar-refractivity contribution in [1.82, 2.24) is 14.9 Å². The maximum absolute atomic E-state index is 13.4. The molecule has 1 atom stereocenters. The molecule has 0 N–H and O–H groups in total. The Bertz CT molecular complexity index is 1020. The first-order chi connectivity index (χ1) is 13.8. The number of likely N-dealkylation sites (tertiary alicyclic amines) is 1. The first-order valence-corrected chi connectivity index (χ1v) is 11.7. The molecule has 0 bridgehead atoms. The Kier molecular flexibility index (Phi) is 5.06. The quantitative estimate of drug-likeness (QED) is 0.745. The van der Waals surface area contributed by atoms with E-state index in [4.69, 9.17) is 4.74 Å². The van der Waals surface area contributed by atoms with Crippen LogP contribution < -0.4 is 4.74 Å². The zero-order chi connectivity index (χ0) is 20.6. The van der Waals surface area contributed by atoms with Crippen LogP contribution >= 0.6 is 0 Å². The topological polar surface area (TPSA) is 89.5 Å². The average molecular weight is 416 g/mol. The third kappa shape index (κ3) is 3.73. The van der Waals surface area contributed by atoms with Gasteiger partial charge in [-0.25, -0.2) is 18.4 Å². The Labute approximate surface area is 171 Å². The molecule has 4 rings (SSSR count). The lowest BCUT2D eigenvalue weighted by Gasteiger charge is -2.35. The summed E-state index contributed by atoms with van der Waals surface area (Å²) in [6, 6.07) is 7.72. The highest BCUT2D eigenvalue weighted by Crippen LogP contribution is 2.50. The fourth-order valence-corrected chi connectivity index (χ4v) is 5.12. The minimum Gasteiger partial charge on any atom is -0.497 e. The fraction of sp³-hybridized carbons (Fsp3) is 0.476. The lowest BCUT2D eigenvalue weighted by atomic mass is 9.90. The normalized spacial score (nSPS) is 20.9. The molecular weight excluding hydrogens is 390 g/mol. The van der Waals surface area contributed by atoms with Crippen molar-refractivity contribution in [2.75, 3.05) is 26.5 Å². The SMILES string of the molecule is COc1ccc(C2(C(=O)N3CCCC(c4ncncc4S(C)(=O)=O)C3)CC2)cc1. The summed E-state index contributed by atoms with van der Waals surface area (Å²) in [6.45, 7) is 1.17. The van der Waals surface area contributed by atoms with Crippen molar-refractivity contribution < 1.29 is 17.9 Å². The second-order valence-electron chi connectivity index (χ2n) is 7.95. The van der Waals surface area contributed by atoms with E-state index in [-0.39, 0.29) is 16.7 Å². The number of ether oxygens (including phenoxy) is 1.